The molecule has 0 atom stereocenters. The van der Waals surface area contributed by atoms with E-state index >= 15 is 0 Å². The Labute approximate surface area is 118 Å². The number of carbonyl (C=O) groups is 2. The van der Waals surface area contributed by atoms with Crippen LogP contribution in [0.1, 0.15) is 36.7 Å². The number of rotatable bonds is 5. The van der Waals surface area contributed by atoms with Gasteiger partial charge >= 0.3 is 5.97 Å². The second-order valence-electron chi connectivity index (χ2n) is 4.91. The highest BCUT2D eigenvalue weighted by molar-refractivity contribution is 7.91. The van der Waals surface area contributed by atoms with E-state index in [4.69, 9.17) is 0 Å². The summed E-state index contributed by atoms with van der Waals surface area (Å²) in [4.78, 5) is 23.0. The minimum atomic E-state index is -3.29. The van der Waals surface area contributed by atoms with Gasteiger partial charge in [-0.25, -0.2) is 13.2 Å². The molecule has 0 N–H and O–H groups in total. The highest BCUT2D eigenvalue weighted by atomic mass is 32.2. The fraction of sp³-hybridized carbons (Fsp3) is 0.429. The summed E-state index contributed by atoms with van der Waals surface area (Å²) in [6.45, 7) is 4.92. The second-order valence-corrected chi connectivity index (χ2v) is 7.47. The summed E-state index contributed by atoms with van der Waals surface area (Å²) in [5, 5.41) is 0. The van der Waals surface area contributed by atoms with Crippen LogP contribution in [0.25, 0.3) is 0 Å². The highest BCUT2D eigenvalue weighted by Gasteiger charge is 2.32. The van der Waals surface area contributed by atoms with Gasteiger partial charge in [0.05, 0.1) is 11.4 Å². The Morgan fingerprint density at radius 1 is 1.15 bits per heavy atom. The number of hydrogen-bond donors (Lipinski definition) is 0. The Morgan fingerprint density at radius 3 is 2.05 bits per heavy atom. The van der Waals surface area contributed by atoms with Crippen molar-refractivity contribution in [3.05, 3.63) is 35.4 Å². The predicted molar refractivity (Wildman–Crippen MR) is 75.3 cm³/mol. The molecular formula is C14H18O5S. The molecule has 0 aliphatic carbocycles. The number of benzene rings is 1. The molecule has 6 heteroatoms. The molecule has 0 unspecified atom stereocenters. The van der Waals surface area contributed by atoms with E-state index in [1.165, 1.54) is 24.3 Å². The Kier molecular flexibility index (Phi) is 4.70. The molecule has 0 saturated heterocycles. The van der Waals surface area contributed by atoms with Crippen LogP contribution in [0.2, 0.25) is 0 Å². The predicted octanol–water partition coefficient (Wildman–Crippen LogP) is 1.71. The van der Waals surface area contributed by atoms with Gasteiger partial charge in [-0.15, -0.1) is 0 Å². The summed E-state index contributed by atoms with van der Waals surface area (Å²) in [7, 11) is -3.29. The SMILES string of the molecule is CCOC(=O)C(=O)c1ccc(C(C)(C)S(C)(=O)=O)cc1. The zero-order valence-corrected chi connectivity index (χ0v) is 12.8. The first-order valence-electron chi connectivity index (χ1n) is 6.13. The van der Waals surface area contributed by atoms with Crippen LogP contribution in [-0.2, 0) is 24.1 Å². The van der Waals surface area contributed by atoms with E-state index in [9.17, 15) is 18.0 Å². The first-order chi connectivity index (χ1) is 9.11. The van der Waals surface area contributed by atoms with Gasteiger partial charge in [-0.05, 0) is 26.3 Å². The normalized spacial score (nSPS) is 12.0. The van der Waals surface area contributed by atoms with Crippen molar-refractivity contribution in [3.63, 3.8) is 0 Å². The first kappa shape index (κ1) is 16.4. The van der Waals surface area contributed by atoms with E-state index in [2.05, 4.69) is 4.74 Å². The molecule has 1 aromatic rings. The molecule has 110 valence electrons. The maximum Gasteiger partial charge on any atom is 0.379 e. The highest BCUT2D eigenvalue weighted by Crippen LogP contribution is 2.28. The van der Waals surface area contributed by atoms with Gasteiger partial charge in [0, 0.05) is 11.8 Å². The number of sulfone groups is 1. The van der Waals surface area contributed by atoms with Crippen LogP contribution in [0, 0.1) is 0 Å². The lowest BCUT2D eigenvalue weighted by Gasteiger charge is -2.23. The van der Waals surface area contributed by atoms with Gasteiger partial charge in [-0.2, -0.15) is 0 Å². The Bertz CT molecular complexity index is 611. The van der Waals surface area contributed by atoms with Gasteiger partial charge in [0.25, 0.3) is 5.78 Å². The lowest BCUT2D eigenvalue weighted by molar-refractivity contribution is -0.137. The van der Waals surface area contributed by atoms with Gasteiger partial charge < -0.3 is 4.74 Å². The maximum absolute atomic E-state index is 11.7. The van der Waals surface area contributed by atoms with Crippen LogP contribution in [0.5, 0.6) is 0 Å². The molecule has 0 aromatic heterocycles. The van der Waals surface area contributed by atoms with E-state index in [0.717, 1.165) is 6.26 Å². The lowest BCUT2D eigenvalue weighted by Crippen LogP contribution is -2.28. The number of ether oxygens (including phenoxy) is 1. The molecule has 0 spiro atoms. The molecule has 0 bridgehead atoms. The summed E-state index contributed by atoms with van der Waals surface area (Å²) in [5.74, 6) is -1.65. The molecule has 5 nitrogen and oxygen atoms in total. The molecule has 0 fully saturated rings. The van der Waals surface area contributed by atoms with Crippen LogP contribution in [0.3, 0.4) is 0 Å². The van der Waals surface area contributed by atoms with Crippen molar-refractivity contribution < 1.29 is 22.7 Å². The van der Waals surface area contributed by atoms with Gasteiger partial charge in [0.2, 0.25) is 0 Å². The number of esters is 1. The third-order valence-electron chi connectivity index (χ3n) is 3.23. The fourth-order valence-corrected chi connectivity index (χ4v) is 2.12. The van der Waals surface area contributed by atoms with Gasteiger partial charge in [0.1, 0.15) is 0 Å². The van der Waals surface area contributed by atoms with Crippen molar-refractivity contribution in [1.82, 2.24) is 0 Å². The van der Waals surface area contributed by atoms with Crippen LogP contribution >= 0.6 is 0 Å². The van der Waals surface area contributed by atoms with E-state index in [1.54, 1.807) is 20.8 Å². The molecule has 20 heavy (non-hydrogen) atoms. The number of ketones is 1. The number of Topliss-reactive ketones (excluding diaryl/α,β-unsaturated/α-hetero) is 1. The standard InChI is InChI=1S/C14H18O5S/c1-5-19-13(16)12(15)10-6-8-11(9-7-10)14(2,3)20(4,17)18/h6-9H,5H2,1-4H3. The zero-order valence-electron chi connectivity index (χ0n) is 12.0. The smallest absolute Gasteiger partial charge is 0.379 e. The molecule has 0 saturated carbocycles. The molecule has 0 aliphatic heterocycles. The molecule has 1 rings (SSSR count). The van der Waals surface area contributed by atoms with E-state index in [1.807, 2.05) is 0 Å². The largest absolute Gasteiger partial charge is 0.460 e. The average Bonchev–Trinajstić information content (AvgIpc) is 2.37. The van der Waals surface area contributed by atoms with Crippen LogP contribution in [0.15, 0.2) is 24.3 Å². The summed E-state index contributed by atoms with van der Waals surface area (Å²) in [5.41, 5.74) is 0.733. The van der Waals surface area contributed by atoms with Gasteiger partial charge in [-0.1, -0.05) is 24.3 Å². The summed E-state index contributed by atoms with van der Waals surface area (Å²) in [6, 6.07) is 5.93. The van der Waals surface area contributed by atoms with Crippen molar-refractivity contribution in [2.75, 3.05) is 12.9 Å². The van der Waals surface area contributed by atoms with Crippen molar-refractivity contribution in [2.45, 2.75) is 25.5 Å². The molecule has 1 aromatic carbocycles. The average molecular weight is 298 g/mol. The second kappa shape index (κ2) is 5.75. The van der Waals surface area contributed by atoms with Gasteiger partial charge in [0.15, 0.2) is 9.84 Å². The molecule has 0 radical (unpaired) electrons. The van der Waals surface area contributed by atoms with Crippen LogP contribution < -0.4 is 0 Å². The van der Waals surface area contributed by atoms with Crippen molar-refractivity contribution in [1.29, 1.82) is 0 Å². The van der Waals surface area contributed by atoms with Crippen LogP contribution in [-0.4, -0.2) is 33.0 Å². The zero-order chi connectivity index (χ0) is 15.6. The topological polar surface area (TPSA) is 77.5 Å². The Balaban J connectivity index is 3.07. The lowest BCUT2D eigenvalue weighted by atomic mass is 9.99. The van der Waals surface area contributed by atoms with Gasteiger partial charge in [-0.3, -0.25) is 4.79 Å². The summed E-state index contributed by atoms with van der Waals surface area (Å²) in [6.07, 6.45) is 1.16. The minimum absolute atomic E-state index is 0.129. The van der Waals surface area contributed by atoms with Crippen molar-refractivity contribution in [2.24, 2.45) is 0 Å². The molecular weight excluding hydrogens is 280 g/mol. The Hall–Kier alpha value is -1.69. The quantitative estimate of drug-likeness (QED) is 0.470. The summed E-state index contributed by atoms with van der Waals surface area (Å²) >= 11 is 0. The monoisotopic (exact) mass is 298 g/mol. The minimum Gasteiger partial charge on any atom is -0.460 e. The Morgan fingerprint density at radius 2 is 1.65 bits per heavy atom. The summed E-state index contributed by atoms with van der Waals surface area (Å²) < 4.78 is 27.0. The van der Waals surface area contributed by atoms with E-state index in [-0.39, 0.29) is 12.2 Å². The first-order valence-corrected chi connectivity index (χ1v) is 8.02. The third kappa shape index (κ3) is 3.25. The molecule has 0 heterocycles. The number of hydrogen-bond acceptors (Lipinski definition) is 5. The maximum atomic E-state index is 11.7. The van der Waals surface area contributed by atoms with Crippen molar-refractivity contribution >= 4 is 21.6 Å². The van der Waals surface area contributed by atoms with E-state index in [0.29, 0.717) is 5.56 Å². The third-order valence-corrected chi connectivity index (χ3v) is 5.32. The fourth-order valence-electron chi connectivity index (χ4n) is 1.55. The van der Waals surface area contributed by atoms with E-state index < -0.39 is 26.3 Å². The molecule has 0 aliphatic rings. The van der Waals surface area contributed by atoms with Crippen LogP contribution in [0.4, 0.5) is 0 Å². The molecule has 0 amide bonds. The number of carbonyl (C=O) groups excluding carboxylic acids is 2. The van der Waals surface area contributed by atoms with Crippen molar-refractivity contribution in [3.8, 4) is 0 Å².